The quantitative estimate of drug-likeness (QED) is 0.107. The lowest BCUT2D eigenvalue weighted by Crippen LogP contribution is -2.74. The minimum atomic E-state index is -2.97. The van der Waals surface area contributed by atoms with E-state index in [0.29, 0.717) is 23.3 Å². The van der Waals surface area contributed by atoms with E-state index in [1.165, 1.54) is 31.5 Å². The third-order valence-electron chi connectivity index (χ3n) is 17.4. The smallest absolute Gasteiger partial charge is 0.240 e. The SMILES string of the molecule is N#Cc1ccc2c(c1)c1ccccc1n2-c1ccc2c(c1)c1ccccc1n2-c1nc(-c2cccc([Si](c3ccccc3)(c3ccccc3)c3ccccc3)c2)nc(-n2c3ccccc3c3cc(-n4c5ccccc5c5ccccc54)ccc32)n1. The highest BCUT2D eigenvalue weighted by Gasteiger charge is 2.41. The van der Waals surface area contributed by atoms with Crippen LogP contribution in [0.1, 0.15) is 5.56 Å². The summed E-state index contributed by atoms with van der Waals surface area (Å²) >= 11 is 0. The van der Waals surface area contributed by atoms with Crippen LogP contribution in [-0.4, -0.2) is 41.3 Å². The summed E-state index contributed by atoms with van der Waals surface area (Å²) in [4.78, 5) is 16.9. The number of hydrogen-bond acceptors (Lipinski definition) is 4. The van der Waals surface area contributed by atoms with Crippen molar-refractivity contribution in [3.8, 4) is 40.7 Å². The predicted octanol–water partition coefficient (Wildman–Crippen LogP) is 15.2. The summed E-state index contributed by atoms with van der Waals surface area (Å²) in [6.07, 6.45) is 0. The molecule has 0 saturated heterocycles. The molecule has 0 aliphatic heterocycles. The average molecular weight is 1100 g/mol. The first-order valence-electron chi connectivity index (χ1n) is 28.7. The average Bonchev–Trinajstić information content (AvgIpc) is 2.55. The second kappa shape index (κ2) is 19.1. The molecule has 0 fully saturated rings. The lowest BCUT2D eigenvalue weighted by Gasteiger charge is -2.34. The summed E-state index contributed by atoms with van der Waals surface area (Å²) in [7, 11) is -2.97. The summed E-state index contributed by atoms with van der Waals surface area (Å²) in [5.41, 5.74) is 11.9. The number of nitriles is 1. The van der Waals surface area contributed by atoms with Crippen LogP contribution in [-0.2, 0) is 0 Å². The van der Waals surface area contributed by atoms with Gasteiger partial charge in [0.15, 0.2) is 13.9 Å². The minimum absolute atomic E-state index is 0.496. The molecular formula is C76H48N8Si. The van der Waals surface area contributed by atoms with Gasteiger partial charge in [0.1, 0.15) is 0 Å². The van der Waals surface area contributed by atoms with Gasteiger partial charge >= 0.3 is 0 Å². The number of rotatable bonds is 9. The normalized spacial score (nSPS) is 12.0. The molecule has 17 aromatic rings. The van der Waals surface area contributed by atoms with Gasteiger partial charge in [-0.15, -0.1) is 0 Å². The molecule has 0 atom stereocenters. The first-order chi connectivity index (χ1) is 42.1. The van der Waals surface area contributed by atoms with E-state index in [9.17, 15) is 5.26 Å². The molecule has 0 unspecified atom stereocenters. The molecule has 9 heteroatoms. The van der Waals surface area contributed by atoms with E-state index >= 15 is 0 Å². The maximum absolute atomic E-state index is 9.95. The van der Waals surface area contributed by atoms with E-state index in [0.717, 1.165) is 93.4 Å². The standard InChI is InChI=1S/C76H48N8Si/c77-49-50-39-42-71-63(45-50)60-31-12-17-36-68(60)82(71)53-41-44-73-65(48-53)62-33-14-19-38-70(62)84(73)76-79-74(51-21-20-28-57(46-51)85(54-22-4-1-5-23-54,55-24-6-2-7-25-55)56-26-8-3-9-27-56)78-75(80-76)83-69-37-18-13-32-61(69)64-47-52(40-43-72(64)83)81-66-34-15-10-29-58(66)59-30-11-16-35-67(59)81/h1-48H. The van der Waals surface area contributed by atoms with Gasteiger partial charge in [-0.3, -0.25) is 9.13 Å². The zero-order valence-electron chi connectivity index (χ0n) is 45.8. The Labute approximate surface area is 489 Å². The highest BCUT2D eigenvalue weighted by molar-refractivity contribution is 7.19. The van der Waals surface area contributed by atoms with Gasteiger partial charge in [0.2, 0.25) is 11.9 Å². The molecule has 5 aromatic heterocycles. The number of fused-ring (bicyclic) bond motifs is 12. The van der Waals surface area contributed by atoms with E-state index in [4.69, 9.17) is 15.0 Å². The third-order valence-corrected chi connectivity index (χ3v) is 22.2. The summed E-state index contributed by atoms with van der Waals surface area (Å²) in [5, 5.41) is 23.9. The van der Waals surface area contributed by atoms with Crippen molar-refractivity contribution >= 4 is 116 Å². The van der Waals surface area contributed by atoms with Crippen LogP contribution < -0.4 is 20.7 Å². The molecule has 0 amide bonds. The fraction of sp³-hybridized carbons (Fsp3) is 0. The van der Waals surface area contributed by atoms with Gasteiger partial charge in [-0.1, -0.05) is 206 Å². The van der Waals surface area contributed by atoms with E-state index in [1.54, 1.807) is 0 Å². The van der Waals surface area contributed by atoms with Crippen molar-refractivity contribution < 1.29 is 0 Å². The third kappa shape index (κ3) is 7.29. The Balaban J connectivity index is 0.928. The van der Waals surface area contributed by atoms with Crippen LogP contribution in [0.4, 0.5) is 0 Å². The van der Waals surface area contributed by atoms with Crippen LogP contribution >= 0.6 is 0 Å². The molecule has 8 nitrogen and oxygen atoms in total. The summed E-state index contributed by atoms with van der Waals surface area (Å²) in [6, 6.07) is 107. The van der Waals surface area contributed by atoms with Crippen LogP contribution in [0.5, 0.6) is 0 Å². The predicted molar refractivity (Wildman–Crippen MR) is 351 cm³/mol. The van der Waals surface area contributed by atoms with Crippen molar-refractivity contribution in [1.29, 1.82) is 5.26 Å². The van der Waals surface area contributed by atoms with Gasteiger partial charge in [0.25, 0.3) is 0 Å². The second-order valence-electron chi connectivity index (χ2n) is 21.9. The van der Waals surface area contributed by atoms with Gasteiger partial charge in [-0.25, -0.2) is 0 Å². The lowest BCUT2D eigenvalue weighted by atomic mass is 10.1. The molecule has 0 saturated carbocycles. The molecule has 0 spiro atoms. The minimum Gasteiger partial charge on any atom is -0.309 e. The molecule has 0 N–H and O–H groups in total. The fourth-order valence-electron chi connectivity index (χ4n) is 13.8. The number of benzene rings is 12. The van der Waals surface area contributed by atoms with Gasteiger partial charge < -0.3 is 9.13 Å². The first-order valence-corrected chi connectivity index (χ1v) is 30.7. The van der Waals surface area contributed by atoms with Crippen molar-refractivity contribution in [3.63, 3.8) is 0 Å². The van der Waals surface area contributed by atoms with Crippen molar-refractivity contribution in [3.05, 3.63) is 297 Å². The van der Waals surface area contributed by atoms with Crippen LogP contribution in [0.15, 0.2) is 291 Å². The monoisotopic (exact) mass is 1100 g/mol. The van der Waals surface area contributed by atoms with Crippen LogP contribution in [0.3, 0.4) is 0 Å². The van der Waals surface area contributed by atoms with E-state index < -0.39 is 8.07 Å². The van der Waals surface area contributed by atoms with E-state index in [1.807, 2.05) is 12.1 Å². The number of aromatic nitrogens is 7. The Bertz CT molecular complexity index is 5420. The van der Waals surface area contributed by atoms with E-state index in [-0.39, 0.29) is 0 Å². The maximum Gasteiger partial charge on any atom is 0.240 e. The summed E-state index contributed by atoms with van der Waals surface area (Å²) in [6.45, 7) is 0. The summed E-state index contributed by atoms with van der Waals surface area (Å²) in [5.74, 6) is 1.55. The molecule has 12 aromatic carbocycles. The molecule has 0 bridgehead atoms. The van der Waals surface area contributed by atoms with Crippen LogP contribution in [0.25, 0.3) is 122 Å². The number of nitrogens with zero attached hydrogens (tertiary/aromatic N) is 8. The van der Waals surface area contributed by atoms with Gasteiger partial charge in [0.05, 0.1) is 55.8 Å². The molecular weight excluding hydrogens is 1050 g/mol. The van der Waals surface area contributed by atoms with Crippen LogP contribution in [0.2, 0.25) is 0 Å². The van der Waals surface area contributed by atoms with Crippen molar-refractivity contribution in [1.82, 2.24) is 33.2 Å². The highest BCUT2D eigenvalue weighted by Crippen LogP contribution is 2.40. The van der Waals surface area contributed by atoms with Crippen molar-refractivity contribution in [2.75, 3.05) is 0 Å². The number of para-hydroxylation sites is 5. The second-order valence-corrected chi connectivity index (χ2v) is 25.7. The van der Waals surface area contributed by atoms with Crippen molar-refractivity contribution in [2.24, 2.45) is 0 Å². The van der Waals surface area contributed by atoms with Gasteiger partial charge in [0, 0.05) is 60.0 Å². The fourth-order valence-corrected chi connectivity index (χ4v) is 18.6. The van der Waals surface area contributed by atoms with Gasteiger partial charge in [-0.2, -0.15) is 20.2 Å². The number of hydrogen-bond donors (Lipinski definition) is 0. The molecule has 85 heavy (non-hydrogen) atoms. The molecule has 396 valence electrons. The molecule has 5 heterocycles. The Kier molecular flexibility index (Phi) is 10.8. The Hall–Kier alpha value is -11.4. The Morgan fingerprint density at radius 2 is 0.612 bits per heavy atom. The molecule has 0 aliphatic carbocycles. The lowest BCUT2D eigenvalue weighted by molar-refractivity contribution is 0.893. The zero-order valence-corrected chi connectivity index (χ0v) is 46.8. The zero-order chi connectivity index (χ0) is 56.2. The Morgan fingerprint density at radius 3 is 1.05 bits per heavy atom. The molecule has 0 radical (unpaired) electrons. The topological polar surface area (TPSA) is 82.2 Å². The highest BCUT2D eigenvalue weighted by atomic mass is 28.3. The summed E-state index contributed by atoms with van der Waals surface area (Å²) < 4.78 is 9.12. The largest absolute Gasteiger partial charge is 0.309 e. The Morgan fingerprint density at radius 1 is 0.271 bits per heavy atom. The van der Waals surface area contributed by atoms with Crippen LogP contribution in [0, 0.1) is 11.3 Å². The van der Waals surface area contributed by atoms with Gasteiger partial charge in [-0.05, 0) is 106 Å². The maximum atomic E-state index is 9.95. The molecule has 17 rings (SSSR count). The van der Waals surface area contributed by atoms with E-state index in [2.05, 4.69) is 303 Å². The first kappa shape index (κ1) is 48.3. The van der Waals surface area contributed by atoms with Crippen molar-refractivity contribution in [2.45, 2.75) is 0 Å². The molecule has 0 aliphatic rings.